The molecule has 0 heterocycles. The van der Waals surface area contributed by atoms with E-state index in [-0.39, 0.29) is 0 Å². The summed E-state index contributed by atoms with van der Waals surface area (Å²) in [6.07, 6.45) is 0. The van der Waals surface area contributed by atoms with E-state index in [1.165, 1.54) is 5.56 Å². The molecule has 0 aliphatic heterocycles. The summed E-state index contributed by atoms with van der Waals surface area (Å²) in [4.78, 5) is 4.91. The van der Waals surface area contributed by atoms with Crippen molar-refractivity contribution in [1.29, 1.82) is 0 Å². The molecule has 0 aliphatic carbocycles. The number of aliphatic imine (C=N–C) groups is 1. The highest BCUT2D eigenvalue weighted by atomic mass is 16.5. The van der Waals surface area contributed by atoms with Crippen molar-refractivity contribution >= 4 is 17.1 Å². The maximum Gasteiger partial charge on any atom is 0.119 e. The molecule has 2 aromatic rings. The number of rotatable bonds is 7. The van der Waals surface area contributed by atoms with E-state index in [9.17, 15) is 0 Å². The van der Waals surface area contributed by atoms with E-state index in [1.807, 2.05) is 26.0 Å². The second kappa shape index (κ2) is 9.98. The van der Waals surface area contributed by atoms with Gasteiger partial charge < -0.3 is 4.74 Å². The second-order valence-electron chi connectivity index (χ2n) is 7.44. The molecule has 0 unspecified atom stereocenters. The molecule has 2 aromatic carbocycles. The smallest absolute Gasteiger partial charge is 0.119 e. The third kappa shape index (κ3) is 5.88. The summed E-state index contributed by atoms with van der Waals surface area (Å²) in [5.41, 5.74) is 7.37. The quantitative estimate of drug-likeness (QED) is 0.455. The lowest BCUT2D eigenvalue weighted by molar-refractivity contribution is 0.414. The first kappa shape index (κ1) is 21.5. The molecule has 0 amide bonds. The minimum atomic E-state index is 0.391. The molecule has 0 N–H and O–H groups in total. The molecule has 28 heavy (non-hydrogen) atoms. The molecule has 0 aliphatic rings. The van der Waals surface area contributed by atoms with Crippen LogP contribution >= 0.6 is 0 Å². The van der Waals surface area contributed by atoms with E-state index in [1.54, 1.807) is 7.11 Å². The monoisotopic (exact) mass is 377 g/mol. The Morgan fingerprint density at radius 2 is 1.64 bits per heavy atom. The summed E-state index contributed by atoms with van der Waals surface area (Å²) in [6, 6.07) is 14.5. The third-order valence-electron chi connectivity index (χ3n) is 4.70. The molecule has 0 spiro atoms. The van der Waals surface area contributed by atoms with Gasteiger partial charge in [0.05, 0.1) is 25.1 Å². The van der Waals surface area contributed by atoms with Crippen molar-refractivity contribution in [3.63, 3.8) is 0 Å². The summed E-state index contributed by atoms with van der Waals surface area (Å²) in [7, 11) is 1.68. The SMILES string of the molecule is COc1ccc(C)c(C(=NC/C(C)=N/N=C(/C)C(C)C)c2ccc(C)cc2)c1. The van der Waals surface area contributed by atoms with Gasteiger partial charge in [0.15, 0.2) is 0 Å². The Hall–Kier alpha value is -2.75. The molecule has 0 saturated carbocycles. The third-order valence-corrected chi connectivity index (χ3v) is 4.70. The number of benzene rings is 2. The van der Waals surface area contributed by atoms with Crippen molar-refractivity contribution in [2.75, 3.05) is 13.7 Å². The predicted octanol–water partition coefficient (Wildman–Crippen LogP) is 5.64. The molecule has 4 heteroatoms. The zero-order valence-electron chi connectivity index (χ0n) is 18.1. The van der Waals surface area contributed by atoms with Crippen LogP contribution < -0.4 is 4.74 Å². The highest BCUT2D eigenvalue weighted by molar-refractivity contribution is 6.14. The number of hydrogen-bond donors (Lipinski definition) is 0. The Kier molecular flexibility index (Phi) is 7.68. The minimum absolute atomic E-state index is 0.391. The first-order valence-electron chi connectivity index (χ1n) is 9.66. The van der Waals surface area contributed by atoms with Crippen molar-refractivity contribution < 1.29 is 4.74 Å². The van der Waals surface area contributed by atoms with Gasteiger partial charge in [-0.25, -0.2) is 0 Å². The van der Waals surface area contributed by atoms with Gasteiger partial charge in [0.1, 0.15) is 5.75 Å². The highest BCUT2D eigenvalue weighted by Gasteiger charge is 2.11. The second-order valence-corrected chi connectivity index (χ2v) is 7.44. The predicted molar refractivity (Wildman–Crippen MR) is 120 cm³/mol. The Morgan fingerprint density at radius 1 is 0.964 bits per heavy atom. The normalized spacial score (nSPS) is 13.2. The van der Waals surface area contributed by atoms with Crippen LogP contribution in [-0.4, -0.2) is 30.8 Å². The van der Waals surface area contributed by atoms with Gasteiger partial charge in [-0.15, -0.1) is 0 Å². The number of hydrogen-bond acceptors (Lipinski definition) is 4. The van der Waals surface area contributed by atoms with E-state index >= 15 is 0 Å². The van der Waals surface area contributed by atoms with Gasteiger partial charge in [0, 0.05) is 16.8 Å². The molecule has 0 atom stereocenters. The fraction of sp³-hybridized carbons (Fsp3) is 0.375. The lowest BCUT2D eigenvalue weighted by atomic mass is 9.97. The van der Waals surface area contributed by atoms with Crippen molar-refractivity contribution in [1.82, 2.24) is 0 Å². The van der Waals surface area contributed by atoms with Crippen molar-refractivity contribution in [3.8, 4) is 5.75 Å². The summed E-state index contributed by atoms with van der Waals surface area (Å²) in [6.45, 7) is 12.9. The maximum atomic E-state index is 5.43. The molecule has 0 aromatic heterocycles. The first-order valence-corrected chi connectivity index (χ1v) is 9.66. The van der Waals surface area contributed by atoms with Gasteiger partial charge in [-0.05, 0) is 51.3 Å². The van der Waals surface area contributed by atoms with E-state index in [0.717, 1.165) is 39.6 Å². The standard InChI is InChI=1S/C24H31N3O/c1-16(2)20(6)27-26-19(5)15-25-24(21-11-8-17(3)9-12-21)23-14-22(28-7)13-10-18(23)4/h8-14,16H,15H2,1-7H3/b25-24?,26-19+,27-20-. The zero-order chi connectivity index (χ0) is 20.7. The highest BCUT2D eigenvalue weighted by Crippen LogP contribution is 2.21. The van der Waals surface area contributed by atoms with Gasteiger partial charge in [0.25, 0.3) is 0 Å². The largest absolute Gasteiger partial charge is 0.497 e. The van der Waals surface area contributed by atoms with Crippen molar-refractivity contribution in [2.45, 2.75) is 41.5 Å². The molecule has 148 valence electrons. The lowest BCUT2D eigenvalue weighted by Gasteiger charge is -2.13. The van der Waals surface area contributed by atoms with Crippen LogP contribution in [0, 0.1) is 19.8 Å². The van der Waals surface area contributed by atoms with Crippen molar-refractivity contribution in [3.05, 3.63) is 64.7 Å². The zero-order valence-corrected chi connectivity index (χ0v) is 18.1. The molecule has 0 radical (unpaired) electrons. The number of ether oxygens (including phenoxy) is 1. The number of aryl methyl sites for hydroxylation is 2. The molecular formula is C24H31N3O. The van der Waals surface area contributed by atoms with Crippen LogP contribution in [0.4, 0.5) is 0 Å². The van der Waals surface area contributed by atoms with Gasteiger partial charge in [-0.1, -0.05) is 49.7 Å². The van der Waals surface area contributed by atoms with Crippen LogP contribution in [0.1, 0.15) is 49.9 Å². The lowest BCUT2D eigenvalue weighted by Crippen LogP contribution is -2.10. The molecule has 0 saturated heterocycles. The van der Waals surface area contributed by atoms with Crippen LogP contribution in [0.3, 0.4) is 0 Å². The summed E-state index contributed by atoms with van der Waals surface area (Å²) in [5.74, 6) is 1.21. The van der Waals surface area contributed by atoms with Crippen LogP contribution in [0.2, 0.25) is 0 Å². The topological polar surface area (TPSA) is 46.3 Å². The van der Waals surface area contributed by atoms with Gasteiger partial charge >= 0.3 is 0 Å². The minimum Gasteiger partial charge on any atom is -0.497 e. The number of methoxy groups -OCH3 is 1. The van der Waals surface area contributed by atoms with Gasteiger partial charge in [-0.2, -0.15) is 10.2 Å². The van der Waals surface area contributed by atoms with Crippen LogP contribution in [0.5, 0.6) is 5.75 Å². The van der Waals surface area contributed by atoms with E-state index in [4.69, 9.17) is 9.73 Å². The fourth-order valence-corrected chi connectivity index (χ4v) is 2.53. The Labute approximate surface area is 169 Å². The van der Waals surface area contributed by atoms with Crippen LogP contribution in [0.25, 0.3) is 0 Å². The molecule has 0 fully saturated rings. The Morgan fingerprint density at radius 3 is 2.25 bits per heavy atom. The first-order chi connectivity index (χ1) is 13.3. The maximum absolute atomic E-state index is 5.43. The van der Waals surface area contributed by atoms with Gasteiger partial charge in [0.2, 0.25) is 0 Å². The Bertz CT molecular complexity index is 891. The van der Waals surface area contributed by atoms with Gasteiger partial charge in [-0.3, -0.25) is 4.99 Å². The van der Waals surface area contributed by atoms with E-state index < -0.39 is 0 Å². The van der Waals surface area contributed by atoms with Crippen LogP contribution in [0.15, 0.2) is 57.7 Å². The summed E-state index contributed by atoms with van der Waals surface area (Å²) in [5, 5.41) is 8.67. The average Bonchev–Trinajstić information content (AvgIpc) is 2.68. The van der Waals surface area contributed by atoms with E-state index in [0.29, 0.717) is 12.5 Å². The average molecular weight is 378 g/mol. The van der Waals surface area contributed by atoms with E-state index in [2.05, 4.69) is 68.2 Å². The van der Waals surface area contributed by atoms with Crippen LogP contribution in [-0.2, 0) is 0 Å². The van der Waals surface area contributed by atoms with Crippen molar-refractivity contribution in [2.24, 2.45) is 21.1 Å². The summed E-state index contributed by atoms with van der Waals surface area (Å²) >= 11 is 0. The Balaban J connectivity index is 2.45. The summed E-state index contributed by atoms with van der Waals surface area (Å²) < 4.78 is 5.43. The number of nitrogens with zero attached hydrogens (tertiary/aromatic N) is 3. The molecule has 0 bridgehead atoms. The molecule has 4 nitrogen and oxygen atoms in total. The fourth-order valence-electron chi connectivity index (χ4n) is 2.53. The molecule has 2 rings (SSSR count). The molecular weight excluding hydrogens is 346 g/mol.